The standard InChI is InChI=1S/C16H36N.C14H20N2O7S/c1-5-9-13-17(14-10-6-2,15-11-7-3)16-12-8-4;1-6(5-7(17)23-4)9(15)8-11(18)16-10(13(19)20)14(2,3)24(21,22)12(8)16/h5-16H2,1-4H3;5,8-10,12H,15H2,1-4H3,(H,19,20)/q+1;/p-1/b;6-5+/t;8-,9?,10-,12+/m.0/s1. The number of carbonyl (C=O) groups is 3. The van der Waals surface area contributed by atoms with Gasteiger partial charge in [0.1, 0.15) is 5.37 Å². The minimum absolute atomic E-state index is 0.268. The van der Waals surface area contributed by atoms with Crippen molar-refractivity contribution in [2.24, 2.45) is 11.7 Å². The first kappa shape index (κ1) is 37.0. The van der Waals surface area contributed by atoms with Crippen LogP contribution in [0.25, 0.3) is 0 Å². The molecule has 0 aromatic carbocycles. The van der Waals surface area contributed by atoms with Crippen LogP contribution in [0.15, 0.2) is 11.6 Å². The molecule has 2 saturated heterocycles. The van der Waals surface area contributed by atoms with Gasteiger partial charge in [-0.15, -0.1) is 0 Å². The van der Waals surface area contributed by atoms with Crippen molar-refractivity contribution in [2.45, 2.75) is 122 Å². The van der Waals surface area contributed by atoms with E-state index in [0.29, 0.717) is 0 Å². The molecule has 2 rings (SSSR count). The summed E-state index contributed by atoms with van der Waals surface area (Å²) in [5.74, 6) is -4.16. The van der Waals surface area contributed by atoms with Crippen LogP contribution >= 0.6 is 0 Å². The van der Waals surface area contributed by atoms with Gasteiger partial charge in [-0.3, -0.25) is 4.79 Å². The van der Waals surface area contributed by atoms with Crippen molar-refractivity contribution in [2.75, 3.05) is 33.3 Å². The molecule has 2 aliphatic rings. The van der Waals surface area contributed by atoms with Gasteiger partial charge in [0.2, 0.25) is 5.91 Å². The summed E-state index contributed by atoms with van der Waals surface area (Å²) in [4.78, 5) is 35.8. The van der Waals surface area contributed by atoms with Gasteiger partial charge >= 0.3 is 5.97 Å². The van der Waals surface area contributed by atoms with E-state index >= 15 is 0 Å². The van der Waals surface area contributed by atoms with Crippen molar-refractivity contribution in [1.29, 1.82) is 0 Å². The highest BCUT2D eigenvalue weighted by Crippen LogP contribution is 2.49. The second-order valence-electron chi connectivity index (χ2n) is 12.1. The van der Waals surface area contributed by atoms with Gasteiger partial charge < -0.3 is 29.8 Å². The molecule has 238 valence electrons. The first-order valence-electron chi connectivity index (χ1n) is 15.3. The summed E-state index contributed by atoms with van der Waals surface area (Å²) in [6, 6.07) is -2.63. The number of hydrogen-bond acceptors (Lipinski definition) is 8. The Balaban J connectivity index is 0.000000438. The molecule has 2 N–H and O–H groups in total. The molecule has 0 spiro atoms. The van der Waals surface area contributed by atoms with E-state index < -0.39 is 55.8 Å². The lowest BCUT2D eigenvalue weighted by Crippen LogP contribution is -2.69. The van der Waals surface area contributed by atoms with Crippen molar-refractivity contribution in [3.8, 4) is 0 Å². The van der Waals surface area contributed by atoms with Gasteiger partial charge in [-0.1, -0.05) is 53.4 Å². The number of quaternary nitrogens is 1. The van der Waals surface area contributed by atoms with E-state index in [1.54, 1.807) is 0 Å². The molecule has 4 atom stereocenters. The highest BCUT2D eigenvalue weighted by atomic mass is 32.2. The maximum absolute atomic E-state index is 12.7. The number of aliphatic carboxylic acids is 1. The number of esters is 1. The van der Waals surface area contributed by atoms with E-state index in [0.717, 1.165) is 11.0 Å². The number of nitrogens with zero attached hydrogens (tertiary/aromatic N) is 2. The van der Waals surface area contributed by atoms with Crippen molar-refractivity contribution in [3.63, 3.8) is 0 Å². The number of rotatable bonds is 16. The lowest BCUT2D eigenvalue weighted by molar-refractivity contribution is -0.929. The zero-order chi connectivity index (χ0) is 31.6. The fourth-order valence-electron chi connectivity index (χ4n) is 5.93. The molecular weight excluding hydrogens is 546 g/mol. The topological polar surface area (TPSA) is 147 Å². The third-order valence-corrected chi connectivity index (χ3v) is 11.6. The van der Waals surface area contributed by atoms with Crippen LogP contribution in [0.1, 0.15) is 99.8 Å². The minimum atomic E-state index is -3.99. The number of β-lactam (4-membered cyclic amide) rings is 1. The predicted molar refractivity (Wildman–Crippen MR) is 159 cm³/mol. The molecule has 1 unspecified atom stereocenters. The number of carboxylic acids is 1. The number of carboxylic acid groups (broad SMARTS) is 1. The van der Waals surface area contributed by atoms with E-state index in [1.165, 1.54) is 110 Å². The molecule has 1 amide bonds. The Kier molecular flexibility index (Phi) is 14.5. The van der Waals surface area contributed by atoms with Crippen LogP contribution < -0.4 is 10.8 Å². The second-order valence-corrected chi connectivity index (χ2v) is 14.7. The lowest BCUT2D eigenvalue weighted by Gasteiger charge is -2.46. The van der Waals surface area contributed by atoms with Gasteiger partial charge in [-0.25, -0.2) is 13.2 Å². The number of methoxy groups -OCH3 is 1. The quantitative estimate of drug-likeness (QED) is 0.123. The third-order valence-electron chi connectivity index (χ3n) is 8.74. The Labute approximate surface area is 248 Å². The normalized spacial score (nSPS) is 23.6. The number of hydrogen-bond donors (Lipinski definition) is 1. The number of fused-ring (bicyclic) bond motifs is 1. The van der Waals surface area contributed by atoms with Crippen molar-refractivity contribution < 1.29 is 37.1 Å². The van der Waals surface area contributed by atoms with Crippen LogP contribution in [0, 0.1) is 5.92 Å². The second kappa shape index (κ2) is 16.0. The largest absolute Gasteiger partial charge is 0.548 e. The van der Waals surface area contributed by atoms with Crippen LogP contribution in [0.2, 0.25) is 0 Å². The molecule has 41 heavy (non-hydrogen) atoms. The van der Waals surface area contributed by atoms with Crippen LogP contribution in [-0.2, 0) is 29.0 Å². The number of nitrogens with two attached hydrogens (primary N) is 1. The monoisotopic (exact) mass is 601 g/mol. The number of carbonyl (C=O) groups excluding carboxylic acids is 3. The number of sulfone groups is 1. The summed E-state index contributed by atoms with van der Waals surface area (Å²) >= 11 is 0. The molecule has 0 saturated carbocycles. The molecule has 2 aliphatic heterocycles. The minimum Gasteiger partial charge on any atom is -0.548 e. The average molecular weight is 602 g/mol. The van der Waals surface area contributed by atoms with Gasteiger partial charge in [0.25, 0.3) is 0 Å². The zero-order valence-electron chi connectivity index (χ0n) is 26.6. The van der Waals surface area contributed by atoms with E-state index in [-0.39, 0.29) is 5.57 Å². The van der Waals surface area contributed by atoms with E-state index in [9.17, 15) is 27.9 Å². The van der Waals surface area contributed by atoms with Gasteiger partial charge in [0.05, 0.1) is 56.0 Å². The molecule has 0 bridgehead atoms. The Morgan fingerprint density at radius 1 is 1.00 bits per heavy atom. The fraction of sp³-hybridized carbons (Fsp3) is 0.833. The van der Waals surface area contributed by atoms with Gasteiger partial charge in [0.15, 0.2) is 9.84 Å². The maximum atomic E-state index is 12.7. The number of unbranched alkanes of at least 4 members (excludes halogenated alkanes) is 4. The highest BCUT2D eigenvalue weighted by Gasteiger charge is 2.71. The molecular formula is C30H55N3O7S. The number of ether oxygens (including phenoxy) is 1. The Morgan fingerprint density at radius 3 is 1.76 bits per heavy atom. The van der Waals surface area contributed by atoms with Crippen molar-refractivity contribution in [3.05, 3.63) is 11.6 Å². The predicted octanol–water partition coefficient (Wildman–Crippen LogP) is 2.55. The molecule has 0 radical (unpaired) electrons. The smallest absolute Gasteiger partial charge is 0.330 e. The van der Waals surface area contributed by atoms with Crippen LogP contribution in [0.5, 0.6) is 0 Å². The van der Waals surface area contributed by atoms with Gasteiger partial charge in [0, 0.05) is 12.1 Å². The van der Waals surface area contributed by atoms with Gasteiger partial charge in [-0.2, -0.15) is 0 Å². The highest BCUT2D eigenvalue weighted by molar-refractivity contribution is 7.93. The Morgan fingerprint density at radius 2 is 1.41 bits per heavy atom. The van der Waals surface area contributed by atoms with Crippen molar-refractivity contribution in [1.82, 2.24) is 4.90 Å². The molecule has 2 fully saturated rings. The SMILES string of the molecule is CCCC[N+](CCCC)(CCCC)CCCC.COC(=O)/C=C(\C)C(N)[C@H]1C(=O)N2[C@@H](C(=O)[O-])C(C)(C)S(=O)(=O)[C@H]12. The summed E-state index contributed by atoms with van der Waals surface area (Å²) in [7, 11) is -2.82. The van der Waals surface area contributed by atoms with E-state index in [1.807, 2.05) is 0 Å². The Hall–Kier alpha value is -1.98. The van der Waals surface area contributed by atoms with Crippen LogP contribution in [0.3, 0.4) is 0 Å². The summed E-state index contributed by atoms with van der Waals surface area (Å²) in [5.41, 5.74) is 6.22. The first-order valence-corrected chi connectivity index (χ1v) is 16.8. The summed E-state index contributed by atoms with van der Waals surface area (Å²) in [6.07, 6.45) is 12.1. The van der Waals surface area contributed by atoms with Crippen LogP contribution in [-0.4, -0.2) is 91.1 Å². The van der Waals surface area contributed by atoms with E-state index in [4.69, 9.17) is 5.73 Å². The molecule has 10 nitrogen and oxygen atoms in total. The fourth-order valence-corrected chi connectivity index (χ4v) is 8.27. The molecule has 0 aromatic rings. The summed E-state index contributed by atoms with van der Waals surface area (Å²) in [5, 5.41) is 10.0. The third kappa shape index (κ3) is 8.32. The van der Waals surface area contributed by atoms with Gasteiger partial charge in [-0.05, 0) is 52.0 Å². The lowest BCUT2D eigenvalue weighted by atomic mass is 9.84. The Bertz CT molecular complexity index is 988. The zero-order valence-corrected chi connectivity index (χ0v) is 27.4. The van der Waals surface area contributed by atoms with Crippen molar-refractivity contribution >= 4 is 27.7 Å². The average Bonchev–Trinajstić information content (AvgIpc) is 3.06. The van der Waals surface area contributed by atoms with E-state index in [2.05, 4.69) is 32.4 Å². The molecule has 11 heteroatoms. The molecule has 0 aromatic heterocycles. The maximum Gasteiger partial charge on any atom is 0.330 e. The molecule has 0 aliphatic carbocycles. The summed E-state index contributed by atoms with van der Waals surface area (Å²) < 4.78 is 29.6. The van der Waals surface area contributed by atoms with Crippen LogP contribution in [0.4, 0.5) is 0 Å². The summed E-state index contributed by atoms with van der Waals surface area (Å²) in [6.45, 7) is 19.0. The first-order chi connectivity index (χ1) is 19.1. The molecule has 2 heterocycles. The number of amides is 1.